The van der Waals surface area contributed by atoms with Gasteiger partial charge in [-0.3, -0.25) is 19.2 Å². The van der Waals surface area contributed by atoms with E-state index in [-0.39, 0.29) is 48.4 Å². The van der Waals surface area contributed by atoms with Crippen molar-refractivity contribution < 1.29 is 23.9 Å². The fraction of sp³-hybridized carbons (Fsp3) is 0.357. The molecule has 1 unspecified atom stereocenters. The van der Waals surface area contributed by atoms with E-state index in [1.54, 1.807) is 29.2 Å². The van der Waals surface area contributed by atoms with Gasteiger partial charge in [-0.15, -0.1) is 11.6 Å². The minimum absolute atomic E-state index is 0.0545. The van der Waals surface area contributed by atoms with Crippen molar-refractivity contribution in [2.24, 2.45) is 5.92 Å². The number of carbonyl (C=O) groups is 4. The second-order valence-electron chi connectivity index (χ2n) is 8.97. The van der Waals surface area contributed by atoms with Crippen molar-refractivity contribution >= 4 is 56.8 Å². The van der Waals surface area contributed by atoms with E-state index >= 15 is 0 Å². The summed E-state index contributed by atoms with van der Waals surface area (Å²) in [6.07, 6.45) is 1.43. The predicted octanol–water partition coefficient (Wildman–Crippen LogP) is 3.41. The van der Waals surface area contributed by atoms with Gasteiger partial charge in [0.1, 0.15) is 17.7 Å². The molecule has 0 radical (unpaired) electrons. The fourth-order valence-corrected chi connectivity index (χ4v) is 4.48. The van der Waals surface area contributed by atoms with Crippen molar-refractivity contribution in [1.82, 2.24) is 15.5 Å². The lowest BCUT2D eigenvalue weighted by molar-refractivity contribution is -0.132. The summed E-state index contributed by atoms with van der Waals surface area (Å²) < 4.78 is 6.05. The zero-order valence-corrected chi connectivity index (χ0v) is 23.8. The molecule has 0 spiro atoms. The molecule has 1 heterocycles. The number of rotatable bonds is 10. The average Bonchev–Trinajstić information content (AvgIpc) is 2.94. The Labute approximate surface area is 241 Å². The lowest BCUT2D eigenvalue weighted by Gasteiger charge is -2.31. The molecule has 0 saturated carbocycles. The summed E-state index contributed by atoms with van der Waals surface area (Å²) in [5.74, 6) is 2.57. The number of hydrogen-bond acceptors (Lipinski definition) is 5. The van der Waals surface area contributed by atoms with Crippen LogP contribution >= 0.6 is 27.5 Å². The number of hydrogen-bond donors (Lipinski definition) is 3. The molecular weight excluding hydrogens is 588 g/mol. The van der Waals surface area contributed by atoms with Gasteiger partial charge in [-0.25, -0.2) is 0 Å². The minimum Gasteiger partial charge on any atom is -0.455 e. The molecule has 1 atom stereocenters. The summed E-state index contributed by atoms with van der Waals surface area (Å²) in [6, 6.07) is 13.5. The number of anilines is 1. The van der Waals surface area contributed by atoms with E-state index in [4.69, 9.17) is 16.3 Å². The van der Waals surface area contributed by atoms with E-state index in [2.05, 4.69) is 42.6 Å². The summed E-state index contributed by atoms with van der Waals surface area (Å²) in [6.45, 7) is 2.53. The Kier molecular flexibility index (Phi) is 11.6. The zero-order valence-electron chi connectivity index (χ0n) is 21.5. The molecule has 3 rings (SSSR count). The van der Waals surface area contributed by atoms with Crippen LogP contribution in [0.4, 0.5) is 5.69 Å². The molecule has 0 aliphatic carbocycles. The quantitative estimate of drug-likeness (QED) is 0.279. The molecule has 1 fully saturated rings. The number of benzene rings is 2. The lowest BCUT2D eigenvalue weighted by Crippen LogP contribution is -2.47. The van der Waals surface area contributed by atoms with Crippen molar-refractivity contribution in [3.63, 3.8) is 0 Å². The van der Waals surface area contributed by atoms with Gasteiger partial charge in [0.2, 0.25) is 23.6 Å². The van der Waals surface area contributed by atoms with Crippen molar-refractivity contribution in [3.05, 3.63) is 54.1 Å². The maximum atomic E-state index is 12.9. The van der Waals surface area contributed by atoms with Gasteiger partial charge in [0.25, 0.3) is 0 Å². The maximum Gasteiger partial charge on any atom is 0.243 e. The van der Waals surface area contributed by atoms with E-state index in [1.807, 2.05) is 24.3 Å². The van der Waals surface area contributed by atoms with Crippen LogP contribution in [0.2, 0.25) is 0 Å². The van der Waals surface area contributed by atoms with Crippen molar-refractivity contribution in [3.8, 4) is 22.2 Å². The first kappa shape index (κ1) is 30.0. The highest BCUT2D eigenvalue weighted by molar-refractivity contribution is 9.12. The van der Waals surface area contributed by atoms with E-state index in [1.165, 1.54) is 6.92 Å². The van der Waals surface area contributed by atoms with Gasteiger partial charge in [0, 0.05) is 48.3 Å². The first-order valence-corrected chi connectivity index (χ1v) is 13.8. The lowest BCUT2D eigenvalue weighted by atomic mass is 9.95. The van der Waals surface area contributed by atoms with Crippen molar-refractivity contribution in [2.45, 2.75) is 32.2 Å². The highest BCUT2D eigenvalue weighted by atomic mass is 79.9. The molecule has 1 saturated heterocycles. The van der Waals surface area contributed by atoms with Crippen LogP contribution in [0, 0.1) is 16.7 Å². The Balaban J connectivity index is 1.61. The van der Waals surface area contributed by atoms with Crippen LogP contribution in [0.1, 0.15) is 25.3 Å². The number of alkyl halides is 1. The average molecular weight is 618 g/mol. The number of halogens is 2. The summed E-state index contributed by atoms with van der Waals surface area (Å²) >= 11 is 8.61. The predicted molar refractivity (Wildman–Crippen MR) is 153 cm³/mol. The van der Waals surface area contributed by atoms with Crippen LogP contribution < -0.4 is 20.7 Å². The smallest absolute Gasteiger partial charge is 0.243 e. The summed E-state index contributed by atoms with van der Waals surface area (Å²) in [5, 5.41) is 8.29. The van der Waals surface area contributed by atoms with Gasteiger partial charge in [-0.2, -0.15) is 0 Å². The molecule has 9 nitrogen and oxygen atoms in total. The topological polar surface area (TPSA) is 117 Å². The Morgan fingerprint density at radius 1 is 1.10 bits per heavy atom. The molecule has 11 heteroatoms. The van der Waals surface area contributed by atoms with E-state index in [0.717, 1.165) is 5.56 Å². The van der Waals surface area contributed by atoms with Gasteiger partial charge in [-0.05, 0) is 47.5 Å². The molecule has 2 aromatic carbocycles. The van der Waals surface area contributed by atoms with Gasteiger partial charge >= 0.3 is 0 Å². The monoisotopic (exact) mass is 616 g/mol. The number of ether oxygens (including phenoxy) is 1. The zero-order chi connectivity index (χ0) is 28.2. The van der Waals surface area contributed by atoms with Crippen LogP contribution in [0.5, 0.6) is 11.5 Å². The van der Waals surface area contributed by atoms with Crippen molar-refractivity contribution in [1.29, 1.82) is 0 Å². The number of nitrogens with zero attached hydrogens (tertiary/aromatic N) is 1. The van der Waals surface area contributed by atoms with E-state index < -0.39 is 6.04 Å². The summed E-state index contributed by atoms with van der Waals surface area (Å²) in [7, 11) is 0. The Bertz CT molecular complexity index is 1240. The Hall–Kier alpha value is -3.55. The molecular formula is C28H30BrClN4O5. The second kappa shape index (κ2) is 15.1. The number of nitrogens with one attached hydrogen (secondary N) is 3. The Morgan fingerprint density at radius 2 is 1.79 bits per heavy atom. The third-order valence-electron chi connectivity index (χ3n) is 6.18. The highest BCUT2D eigenvalue weighted by Crippen LogP contribution is 2.31. The molecule has 0 bridgehead atoms. The van der Waals surface area contributed by atoms with Gasteiger partial charge in [0.05, 0.1) is 12.2 Å². The molecule has 39 heavy (non-hydrogen) atoms. The summed E-state index contributed by atoms with van der Waals surface area (Å²) in [4.78, 5) is 53.0. The largest absolute Gasteiger partial charge is 0.455 e. The third-order valence-corrected chi connectivity index (χ3v) is 6.69. The van der Waals surface area contributed by atoms with Crippen LogP contribution in [0.3, 0.4) is 0 Å². The third kappa shape index (κ3) is 9.30. The van der Waals surface area contributed by atoms with Crippen LogP contribution in [-0.2, 0) is 25.6 Å². The Morgan fingerprint density at radius 3 is 2.44 bits per heavy atom. The molecule has 1 aliphatic rings. The number of carbonyl (C=O) groups excluding carboxylic acids is 4. The van der Waals surface area contributed by atoms with Crippen LogP contribution in [0.15, 0.2) is 48.5 Å². The van der Waals surface area contributed by atoms with Gasteiger partial charge < -0.3 is 25.6 Å². The first-order valence-electron chi connectivity index (χ1n) is 12.4. The van der Waals surface area contributed by atoms with Gasteiger partial charge in [0.15, 0.2) is 5.75 Å². The number of piperidine rings is 1. The van der Waals surface area contributed by atoms with E-state index in [0.29, 0.717) is 43.1 Å². The molecule has 2 aromatic rings. The number of amides is 4. The maximum absolute atomic E-state index is 12.9. The molecule has 1 aliphatic heterocycles. The number of para-hydroxylation sites is 2. The highest BCUT2D eigenvalue weighted by Gasteiger charge is 2.27. The second-order valence-corrected chi connectivity index (χ2v) is 9.63. The van der Waals surface area contributed by atoms with Crippen molar-refractivity contribution in [2.75, 3.05) is 30.8 Å². The van der Waals surface area contributed by atoms with Gasteiger partial charge in [-0.1, -0.05) is 30.2 Å². The van der Waals surface area contributed by atoms with Crippen LogP contribution in [-0.4, -0.2) is 60.1 Å². The molecule has 0 aromatic heterocycles. The van der Waals surface area contributed by atoms with Crippen LogP contribution in [0.25, 0.3) is 0 Å². The first-order chi connectivity index (χ1) is 18.8. The minimum atomic E-state index is -0.748. The summed E-state index contributed by atoms with van der Waals surface area (Å²) in [5.41, 5.74) is 1.36. The fourth-order valence-electron chi connectivity index (χ4n) is 4.17. The SMILES string of the molecule is CC(=O)NC(Cc1ccc(Oc2ccccc2NC(=O)C2CCN(C(=O)CCl)CC2)cc1)C(=O)NCC#CBr. The standard InChI is InChI=1S/C28H30BrClN4O5/c1-19(35)32-24(28(38)31-14-4-13-29)17-20-7-9-22(10-8-20)39-25-6-3-2-5-23(25)33-27(37)21-11-15-34(16-12-21)26(36)18-30/h2-3,5-10,21,24H,11-12,14-18H2,1H3,(H,31,38)(H,32,35)(H,33,37). The number of likely N-dealkylation sites (tertiary alicyclic amines) is 1. The molecule has 206 valence electrons. The normalized spacial score (nSPS) is 13.9. The molecule has 3 N–H and O–H groups in total. The van der Waals surface area contributed by atoms with E-state index in [9.17, 15) is 19.2 Å². The molecule has 4 amide bonds.